The number of nitriles is 4. The summed E-state index contributed by atoms with van der Waals surface area (Å²) in [6, 6.07) is 19.2. The van der Waals surface area contributed by atoms with Crippen LogP contribution in [-0.4, -0.2) is 0 Å². The zero-order valence-corrected chi connectivity index (χ0v) is 21.8. The zero-order valence-electron chi connectivity index (χ0n) is 21.8. The number of hydrogen-bond acceptors (Lipinski definition) is 4. The van der Waals surface area contributed by atoms with Crippen molar-refractivity contribution in [2.45, 2.75) is 0 Å². The van der Waals surface area contributed by atoms with Crippen molar-refractivity contribution in [3.8, 4) is 46.5 Å². The fraction of sp³-hybridized carbons (Fsp3) is 0. The molecule has 0 radical (unpaired) electrons. The lowest BCUT2D eigenvalue weighted by atomic mass is 9.83. The van der Waals surface area contributed by atoms with Crippen LogP contribution in [0.25, 0.3) is 44.5 Å². The molecule has 0 saturated heterocycles. The predicted octanol–water partition coefficient (Wildman–Crippen LogP) is 8.39. The van der Waals surface area contributed by atoms with E-state index in [4.69, 9.17) is 0 Å². The molecule has 0 amide bonds. The molecule has 0 unspecified atom stereocenters. The van der Waals surface area contributed by atoms with Gasteiger partial charge < -0.3 is 0 Å². The highest BCUT2D eigenvalue weighted by Gasteiger charge is 2.42. The summed E-state index contributed by atoms with van der Waals surface area (Å²) in [4.78, 5) is 0. The maximum absolute atomic E-state index is 14.3. The quantitative estimate of drug-likeness (QED) is 0.134. The van der Waals surface area contributed by atoms with Crippen molar-refractivity contribution in [3.05, 3.63) is 129 Å². The Bertz CT molecular complexity index is 2050. The molecule has 0 saturated carbocycles. The second-order valence-corrected chi connectivity index (χ2v) is 9.66. The van der Waals surface area contributed by atoms with Gasteiger partial charge in [-0.25, -0.2) is 26.3 Å². The smallest absolute Gasteiger partial charge is 0.194 e. The van der Waals surface area contributed by atoms with Crippen molar-refractivity contribution in [2.75, 3.05) is 0 Å². The van der Waals surface area contributed by atoms with Crippen LogP contribution in [0.15, 0.2) is 71.8 Å². The van der Waals surface area contributed by atoms with Gasteiger partial charge in [-0.15, -0.1) is 0 Å². The van der Waals surface area contributed by atoms with Crippen LogP contribution in [0.5, 0.6) is 0 Å². The molecule has 0 fully saturated rings. The summed E-state index contributed by atoms with van der Waals surface area (Å²) in [5, 5.41) is 40.0. The van der Waals surface area contributed by atoms with Gasteiger partial charge in [0.2, 0.25) is 0 Å². The first-order chi connectivity index (χ1) is 21.2. The van der Waals surface area contributed by atoms with E-state index in [1.807, 2.05) is 24.3 Å². The Kier molecular flexibility index (Phi) is 6.43. The molecule has 0 aromatic heterocycles. The van der Waals surface area contributed by atoms with E-state index in [-0.39, 0.29) is 66.8 Å². The topological polar surface area (TPSA) is 95.2 Å². The molecule has 0 atom stereocenters. The molecule has 208 valence electrons. The van der Waals surface area contributed by atoms with Crippen LogP contribution in [0.4, 0.5) is 26.3 Å². The number of allylic oxidation sites excluding steroid dienone is 6. The third kappa shape index (κ3) is 3.83. The summed E-state index contributed by atoms with van der Waals surface area (Å²) in [6.07, 6.45) is 0. The highest BCUT2D eigenvalue weighted by atomic mass is 19.2. The SMILES string of the molecule is N#CC(C#N)=C1C2=C(C(=C(C#N)C#N)c3c2cccc3-c2cc(F)c(F)c(F)c2)c2cccc(-c3cc(F)c(F)c(F)c3)c21. The van der Waals surface area contributed by atoms with Gasteiger partial charge in [-0.05, 0) is 57.6 Å². The summed E-state index contributed by atoms with van der Waals surface area (Å²) in [5.74, 6) is -9.30. The van der Waals surface area contributed by atoms with Crippen molar-refractivity contribution >= 4 is 22.3 Å². The lowest BCUT2D eigenvalue weighted by molar-refractivity contribution is 0.447. The van der Waals surface area contributed by atoms with Crippen molar-refractivity contribution in [1.82, 2.24) is 0 Å². The van der Waals surface area contributed by atoms with Crippen LogP contribution >= 0.6 is 0 Å². The van der Waals surface area contributed by atoms with Crippen LogP contribution in [-0.2, 0) is 0 Å². The number of rotatable bonds is 2. The van der Waals surface area contributed by atoms with Crippen molar-refractivity contribution in [2.24, 2.45) is 0 Å². The average molecular weight is 588 g/mol. The van der Waals surface area contributed by atoms with Gasteiger partial charge >= 0.3 is 0 Å². The Labute approximate surface area is 245 Å². The molecule has 0 bridgehead atoms. The van der Waals surface area contributed by atoms with Crippen molar-refractivity contribution in [3.63, 3.8) is 0 Å². The maximum atomic E-state index is 14.3. The van der Waals surface area contributed by atoms with Crippen LogP contribution in [0.3, 0.4) is 0 Å². The van der Waals surface area contributed by atoms with E-state index < -0.39 is 46.0 Å². The number of nitrogens with zero attached hydrogens (tertiary/aromatic N) is 4. The minimum atomic E-state index is -1.69. The molecular formula is C34H10F6N4. The third-order valence-corrected chi connectivity index (χ3v) is 7.45. The van der Waals surface area contributed by atoms with Crippen molar-refractivity contribution < 1.29 is 26.3 Å². The Balaban J connectivity index is 1.76. The molecule has 6 rings (SSSR count). The van der Waals surface area contributed by atoms with Gasteiger partial charge in [0.15, 0.2) is 34.9 Å². The van der Waals surface area contributed by atoms with Gasteiger partial charge in [0, 0.05) is 33.4 Å². The minimum Gasteiger partial charge on any atom is -0.204 e. The van der Waals surface area contributed by atoms with E-state index in [0.29, 0.717) is 0 Å². The molecule has 2 aliphatic rings. The summed E-state index contributed by atoms with van der Waals surface area (Å²) >= 11 is 0. The lowest BCUT2D eigenvalue weighted by Gasteiger charge is -2.18. The van der Waals surface area contributed by atoms with E-state index in [9.17, 15) is 47.4 Å². The predicted molar refractivity (Wildman–Crippen MR) is 147 cm³/mol. The summed E-state index contributed by atoms with van der Waals surface area (Å²) in [7, 11) is 0. The van der Waals surface area contributed by atoms with Crippen LogP contribution in [0.2, 0.25) is 0 Å². The van der Waals surface area contributed by atoms with Gasteiger partial charge in [-0.1, -0.05) is 36.4 Å². The van der Waals surface area contributed by atoms with E-state index in [2.05, 4.69) is 0 Å². The first kappa shape index (κ1) is 27.8. The van der Waals surface area contributed by atoms with Crippen molar-refractivity contribution in [1.29, 1.82) is 21.0 Å². The first-order valence-electron chi connectivity index (χ1n) is 12.6. The number of halogens is 6. The zero-order chi connectivity index (χ0) is 31.4. The lowest BCUT2D eigenvalue weighted by Crippen LogP contribution is -2.01. The van der Waals surface area contributed by atoms with Crippen LogP contribution in [0.1, 0.15) is 22.3 Å². The third-order valence-electron chi connectivity index (χ3n) is 7.45. The molecule has 0 N–H and O–H groups in total. The number of hydrogen-bond donors (Lipinski definition) is 0. The summed E-state index contributed by atoms with van der Waals surface area (Å²) < 4.78 is 85.1. The molecule has 44 heavy (non-hydrogen) atoms. The largest absolute Gasteiger partial charge is 0.204 e. The Morgan fingerprint density at radius 3 is 1.05 bits per heavy atom. The fourth-order valence-electron chi connectivity index (χ4n) is 5.78. The first-order valence-corrected chi connectivity index (χ1v) is 12.6. The number of fused-ring (bicyclic) bond motifs is 4. The molecule has 0 heterocycles. The molecule has 4 aromatic carbocycles. The van der Waals surface area contributed by atoms with E-state index in [1.165, 1.54) is 24.3 Å². The van der Waals surface area contributed by atoms with Gasteiger partial charge in [0.25, 0.3) is 0 Å². The van der Waals surface area contributed by atoms with E-state index >= 15 is 0 Å². The molecule has 10 heteroatoms. The molecule has 4 nitrogen and oxygen atoms in total. The second-order valence-electron chi connectivity index (χ2n) is 9.66. The van der Waals surface area contributed by atoms with Gasteiger partial charge in [0.1, 0.15) is 35.4 Å². The minimum absolute atomic E-state index is 0.000776. The Morgan fingerprint density at radius 2 is 0.750 bits per heavy atom. The van der Waals surface area contributed by atoms with Gasteiger partial charge in [0.05, 0.1) is 0 Å². The highest BCUT2D eigenvalue weighted by molar-refractivity contribution is 6.39. The second kappa shape index (κ2) is 10.2. The molecular weight excluding hydrogens is 578 g/mol. The molecule has 0 spiro atoms. The number of benzene rings is 4. The van der Waals surface area contributed by atoms with Gasteiger partial charge in [-0.3, -0.25) is 0 Å². The van der Waals surface area contributed by atoms with E-state index in [0.717, 1.165) is 24.3 Å². The Morgan fingerprint density at radius 1 is 0.455 bits per heavy atom. The molecule has 4 aromatic rings. The summed E-state index contributed by atoms with van der Waals surface area (Å²) in [5.41, 5.74) is 0.360. The standard InChI is InChI=1S/C34H10F6N4/c35-23-7-15(8-24(36)33(23)39)19-3-1-5-21-29(19)27(17(11-41)12-42)32-22-6-2-4-20(16-9-25(37)34(40)26(38)10-16)30(22)28(31(21)32)18(13-43)14-44/h1-10H. The fourth-order valence-corrected chi connectivity index (χ4v) is 5.78. The monoisotopic (exact) mass is 588 g/mol. The highest BCUT2D eigenvalue weighted by Crippen LogP contribution is 2.62. The maximum Gasteiger partial charge on any atom is 0.194 e. The van der Waals surface area contributed by atoms with Gasteiger partial charge in [-0.2, -0.15) is 21.0 Å². The molecule has 0 aliphatic heterocycles. The molecule has 2 aliphatic carbocycles. The average Bonchev–Trinajstić information content (AvgIpc) is 3.53. The van der Waals surface area contributed by atoms with E-state index in [1.54, 1.807) is 12.1 Å². The normalized spacial score (nSPS) is 12.5. The van der Waals surface area contributed by atoms with Crippen LogP contribution in [0, 0.1) is 80.2 Å². The summed E-state index contributed by atoms with van der Waals surface area (Å²) in [6.45, 7) is 0. The van der Waals surface area contributed by atoms with Crippen LogP contribution < -0.4 is 0 Å². The Hall–Kier alpha value is -6.36.